The van der Waals surface area contributed by atoms with E-state index in [0.717, 1.165) is 22.8 Å². The van der Waals surface area contributed by atoms with Crippen LogP contribution in [0.4, 0.5) is 17.1 Å². The number of hydrogen-bond acceptors (Lipinski definition) is 4. The van der Waals surface area contributed by atoms with Crippen molar-refractivity contribution in [2.45, 2.75) is 6.92 Å². The molecule has 134 valence electrons. The Kier molecular flexibility index (Phi) is 6.13. The Morgan fingerprint density at radius 2 is 1.44 bits per heavy atom. The Labute approximate surface area is 163 Å². The normalized spacial score (nSPS) is 11.6. The fourth-order valence-corrected chi connectivity index (χ4v) is 2.51. The van der Waals surface area contributed by atoms with Crippen LogP contribution in [0.2, 0.25) is 5.02 Å². The molecule has 0 atom stereocenters. The predicted octanol–water partition coefficient (Wildman–Crippen LogP) is 6.95. The molecule has 0 saturated carbocycles. The zero-order valence-corrected chi connectivity index (χ0v) is 15.5. The highest BCUT2D eigenvalue weighted by atomic mass is 35.5. The van der Waals surface area contributed by atoms with Crippen LogP contribution in [0.5, 0.6) is 0 Å². The molecule has 0 spiro atoms. The van der Waals surface area contributed by atoms with Crippen molar-refractivity contribution in [2.75, 3.05) is 5.32 Å². The van der Waals surface area contributed by atoms with Gasteiger partial charge in [-0.05, 0) is 67.6 Å². The maximum atomic E-state index is 12.2. The van der Waals surface area contributed by atoms with Crippen molar-refractivity contribution in [3.63, 3.8) is 0 Å². The second-order valence-electron chi connectivity index (χ2n) is 5.91. The molecule has 0 fully saturated rings. The predicted molar refractivity (Wildman–Crippen MR) is 110 cm³/mol. The number of azo groups is 1. The van der Waals surface area contributed by atoms with Gasteiger partial charge in [-0.15, -0.1) is 0 Å². The van der Waals surface area contributed by atoms with Gasteiger partial charge in [0.15, 0.2) is 5.78 Å². The highest BCUT2D eigenvalue weighted by Gasteiger charge is 2.03. The van der Waals surface area contributed by atoms with Crippen LogP contribution in [0.1, 0.15) is 17.3 Å². The molecule has 0 unspecified atom stereocenters. The standard InChI is InChI=1S/C22H18ClN3O/c1-16(15-22(27)17-7-9-18(23)10-8-17)24-19-11-13-21(14-12-19)26-25-20-5-3-2-4-6-20/h2-15,24H,1H3. The summed E-state index contributed by atoms with van der Waals surface area (Å²) in [6.45, 7) is 1.84. The van der Waals surface area contributed by atoms with Crippen molar-refractivity contribution in [1.82, 2.24) is 0 Å². The third kappa shape index (κ3) is 5.62. The lowest BCUT2D eigenvalue weighted by atomic mass is 10.1. The largest absolute Gasteiger partial charge is 0.359 e. The minimum atomic E-state index is -0.0788. The van der Waals surface area contributed by atoms with E-state index in [1.165, 1.54) is 0 Å². The molecule has 4 nitrogen and oxygen atoms in total. The number of halogens is 1. The Bertz CT molecular complexity index is 963. The molecule has 0 aliphatic carbocycles. The van der Waals surface area contributed by atoms with Gasteiger partial charge < -0.3 is 5.32 Å². The van der Waals surface area contributed by atoms with Crippen LogP contribution in [0.15, 0.2) is 101 Å². The minimum Gasteiger partial charge on any atom is -0.359 e. The lowest BCUT2D eigenvalue weighted by molar-refractivity contribution is 0.104. The van der Waals surface area contributed by atoms with Crippen LogP contribution >= 0.6 is 11.6 Å². The monoisotopic (exact) mass is 375 g/mol. The van der Waals surface area contributed by atoms with E-state index in [4.69, 9.17) is 11.6 Å². The Morgan fingerprint density at radius 3 is 2.07 bits per heavy atom. The van der Waals surface area contributed by atoms with Crippen molar-refractivity contribution >= 4 is 34.4 Å². The molecule has 5 heteroatoms. The molecule has 3 rings (SSSR count). The summed E-state index contributed by atoms with van der Waals surface area (Å²) in [4.78, 5) is 12.2. The first-order chi connectivity index (χ1) is 13.1. The summed E-state index contributed by atoms with van der Waals surface area (Å²) in [6, 6.07) is 23.9. The van der Waals surface area contributed by atoms with Crippen LogP contribution in [-0.2, 0) is 0 Å². The van der Waals surface area contributed by atoms with Crippen LogP contribution in [0, 0.1) is 0 Å². The Balaban J connectivity index is 1.62. The van der Waals surface area contributed by atoms with Crippen molar-refractivity contribution < 1.29 is 4.79 Å². The fraction of sp³-hybridized carbons (Fsp3) is 0.0455. The van der Waals surface area contributed by atoms with Gasteiger partial charge in [0.2, 0.25) is 0 Å². The number of carbonyl (C=O) groups excluding carboxylic acids is 1. The first-order valence-corrected chi connectivity index (χ1v) is 8.80. The van der Waals surface area contributed by atoms with Crippen molar-refractivity contribution in [3.05, 3.63) is 101 Å². The molecule has 0 radical (unpaired) electrons. The Hall–Kier alpha value is -3.24. The van der Waals surface area contributed by atoms with E-state index in [0.29, 0.717) is 10.6 Å². The van der Waals surface area contributed by atoms with E-state index in [9.17, 15) is 4.79 Å². The van der Waals surface area contributed by atoms with E-state index in [1.54, 1.807) is 30.3 Å². The molecule has 1 N–H and O–H groups in total. The summed E-state index contributed by atoms with van der Waals surface area (Å²) >= 11 is 5.85. The van der Waals surface area contributed by atoms with Gasteiger partial charge in [-0.1, -0.05) is 29.8 Å². The maximum Gasteiger partial charge on any atom is 0.187 e. The van der Waals surface area contributed by atoms with Gasteiger partial charge in [-0.3, -0.25) is 4.79 Å². The van der Waals surface area contributed by atoms with Gasteiger partial charge >= 0.3 is 0 Å². The quantitative estimate of drug-likeness (QED) is 0.288. The van der Waals surface area contributed by atoms with E-state index in [-0.39, 0.29) is 5.78 Å². The van der Waals surface area contributed by atoms with Crippen molar-refractivity contribution in [3.8, 4) is 0 Å². The minimum absolute atomic E-state index is 0.0788. The molecule has 0 saturated heterocycles. The highest BCUT2D eigenvalue weighted by molar-refractivity contribution is 6.30. The summed E-state index contributed by atoms with van der Waals surface area (Å²) in [7, 11) is 0. The summed E-state index contributed by atoms with van der Waals surface area (Å²) in [5.74, 6) is -0.0788. The van der Waals surface area contributed by atoms with Gasteiger partial charge in [0.05, 0.1) is 11.4 Å². The molecule has 0 aliphatic rings. The number of hydrogen-bond donors (Lipinski definition) is 1. The van der Waals surface area contributed by atoms with E-state index < -0.39 is 0 Å². The zero-order chi connectivity index (χ0) is 19.1. The smallest absolute Gasteiger partial charge is 0.187 e. The lowest BCUT2D eigenvalue weighted by Gasteiger charge is -2.06. The van der Waals surface area contributed by atoms with E-state index >= 15 is 0 Å². The highest BCUT2D eigenvalue weighted by Crippen LogP contribution is 2.21. The van der Waals surface area contributed by atoms with Gasteiger partial charge in [-0.2, -0.15) is 10.2 Å². The molecule has 0 aliphatic heterocycles. The molecular weight excluding hydrogens is 358 g/mol. The number of nitrogens with one attached hydrogen (secondary N) is 1. The van der Waals surface area contributed by atoms with E-state index in [1.807, 2.05) is 61.5 Å². The maximum absolute atomic E-state index is 12.2. The van der Waals surface area contributed by atoms with Crippen LogP contribution in [0.3, 0.4) is 0 Å². The summed E-state index contributed by atoms with van der Waals surface area (Å²) in [5.41, 5.74) is 3.76. The number of ketones is 1. The fourth-order valence-electron chi connectivity index (χ4n) is 2.38. The molecule has 0 bridgehead atoms. The Morgan fingerprint density at radius 1 is 0.852 bits per heavy atom. The van der Waals surface area contributed by atoms with Crippen LogP contribution < -0.4 is 5.32 Å². The average Bonchev–Trinajstić information content (AvgIpc) is 2.68. The number of carbonyl (C=O) groups is 1. The van der Waals surface area contributed by atoms with Gasteiger partial charge in [-0.25, -0.2) is 0 Å². The molecule has 0 amide bonds. The van der Waals surface area contributed by atoms with E-state index in [2.05, 4.69) is 15.5 Å². The molecule has 3 aromatic carbocycles. The van der Waals surface area contributed by atoms with Crippen LogP contribution in [0.25, 0.3) is 0 Å². The number of allylic oxidation sites excluding steroid dienone is 2. The molecule has 0 aromatic heterocycles. The second-order valence-corrected chi connectivity index (χ2v) is 6.34. The van der Waals surface area contributed by atoms with Crippen molar-refractivity contribution in [1.29, 1.82) is 0 Å². The van der Waals surface area contributed by atoms with Gasteiger partial charge in [0.1, 0.15) is 0 Å². The van der Waals surface area contributed by atoms with Gasteiger partial charge in [0, 0.05) is 28.0 Å². The zero-order valence-electron chi connectivity index (χ0n) is 14.8. The van der Waals surface area contributed by atoms with Crippen molar-refractivity contribution in [2.24, 2.45) is 10.2 Å². The topological polar surface area (TPSA) is 53.8 Å². The average molecular weight is 376 g/mol. The molecule has 0 heterocycles. The first-order valence-electron chi connectivity index (χ1n) is 8.42. The lowest BCUT2D eigenvalue weighted by Crippen LogP contribution is -2.01. The van der Waals surface area contributed by atoms with Crippen LogP contribution in [-0.4, -0.2) is 5.78 Å². The third-order valence-corrected chi connectivity index (χ3v) is 3.97. The summed E-state index contributed by atoms with van der Waals surface area (Å²) in [5, 5.41) is 12.2. The number of anilines is 1. The molecule has 27 heavy (non-hydrogen) atoms. The molecular formula is C22H18ClN3O. The SMILES string of the molecule is CC(=CC(=O)c1ccc(Cl)cc1)Nc1ccc(N=Nc2ccccc2)cc1. The molecule has 3 aromatic rings. The third-order valence-electron chi connectivity index (χ3n) is 3.72. The number of rotatable bonds is 6. The summed E-state index contributed by atoms with van der Waals surface area (Å²) < 4.78 is 0. The second kappa shape index (κ2) is 8.92. The first kappa shape index (κ1) is 18.5. The summed E-state index contributed by atoms with van der Waals surface area (Å²) in [6.07, 6.45) is 1.56. The number of nitrogens with zero attached hydrogens (tertiary/aromatic N) is 2. The number of benzene rings is 3. The van der Waals surface area contributed by atoms with Gasteiger partial charge in [0.25, 0.3) is 0 Å².